The highest BCUT2D eigenvalue weighted by atomic mass is 16.2. The number of carbonyl (C=O) groups is 5. The van der Waals surface area contributed by atoms with Crippen LogP contribution in [0, 0.1) is 17.3 Å². The molecule has 2 unspecified atom stereocenters. The number of rotatable bonds is 28. The lowest BCUT2D eigenvalue weighted by Gasteiger charge is -2.29. The van der Waals surface area contributed by atoms with Crippen molar-refractivity contribution in [2.24, 2.45) is 17.3 Å². The molecule has 0 aliphatic carbocycles. The first kappa shape index (κ1) is 44.5. The van der Waals surface area contributed by atoms with Gasteiger partial charge in [-0.05, 0) is 76.4 Å². The number of amides is 4. The Labute approximate surface area is 287 Å². The minimum Gasteiger partial charge on any atom is -0.347 e. The lowest BCUT2D eigenvalue weighted by Crippen LogP contribution is -2.53. The molecule has 0 bridgehead atoms. The molecule has 4 amide bonds. The SMILES string of the molecule is CCCN(CCC)CCCCCCCCCC(=O)NCC(=O)NC(CC(C)C)C(=O)NCC(=O)NC(CC(C)C)C(=O)C(C)(C)CC. The zero-order chi connectivity index (χ0) is 35.8. The number of hydrogen-bond donors (Lipinski definition) is 4. The van der Waals surface area contributed by atoms with E-state index < -0.39 is 35.2 Å². The predicted octanol–water partition coefficient (Wildman–Crippen LogP) is 5.53. The summed E-state index contributed by atoms with van der Waals surface area (Å²) >= 11 is 0. The summed E-state index contributed by atoms with van der Waals surface area (Å²) in [5.41, 5.74) is -0.567. The summed E-state index contributed by atoms with van der Waals surface area (Å²) in [7, 11) is 0. The third-order valence-electron chi connectivity index (χ3n) is 8.60. The van der Waals surface area contributed by atoms with Crippen LogP contribution in [0.1, 0.15) is 146 Å². The third kappa shape index (κ3) is 21.9. The van der Waals surface area contributed by atoms with Crippen LogP contribution in [0.15, 0.2) is 0 Å². The maximum atomic E-state index is 13.1. The van der Waals surface area contributed by atoms with E-state index in [1.165, 1.54) is 58.2 Å². The molecule has 0 saturated heterocycles. The van der Waals surface area contributed by atoms with Crippen molar-refractivity contribution in [2.45, 2.75) is 158 Å². The summed E-state index contributed by atoms with van der Waals surface area (Å²) < 4.78 is 0. The normalized spacial score (nSPS) is 13.0. The summed E-state index contributed by atoms with van der Waals surface area (Å²) in [6.07, 6.45) is 12.1. The standard InChI is InChI=1S/C37H71N5O5/c1-10-21-42(22-11-2)23-19-17-15-13-14-16-18-20-32(43)38-26-33(44)41-31(25-29(6)7)36(47)39-27-34(45)40-30(24-28(4)5)35(46)37(8,9)12-3/h28-31H,10-27H2,1-9H3,(H,38,43)(H,39,47)(H,40,45)(H,41,44). The van der Waals surface area contributed by atoms with Crippen molar-refractivity contribution in [3.05, 3.63) is 0 Å². The molecule has 0 aromatic rings. The van der Waals surface area contributed by atoms with Crippen molar-refractivity contribution in [1.29, 1.82) is 0 Å². The molecule has 10 nitrogen and oxygen atoms in total. The number of nitrogens with zero attached hydrogens (tertiary/aromatic N) is 1. The third-order valence-corrected chi connectivity index (χ3v) is 8.60. The van der Waals surface area contributed by atoms with Crippen LogP contribution in [0.3, 0.4) is 0 Å². The van der Waals surface area contributed by atoms with Gasteiger partial charge in [0.05, 0.1) is 19.1 Å². The summed E-state index contributed by atoms with van der Waals surface area (Å²) in [4.78, 5) is 66.3. The largest absolute Gasteiger partial charge is 0.347 e. The zero-order valence-electron chi connectivity index (χ0n) is 31.5. The smallest absolute Gasteiger partial charge is 0.243 e. The van der Waals surface area contributed by atoms with Gasteiger partial charge in [-0.2, -0.15) is 0 Å². The molecule has 2 atom stereocenters. The van der Waals surface area contributed by atoms with Gasteiger partial charge in [0.25, 0.3) is 0 Å². The van der Waals surface area contributed by atoms with Gasteiger partial charge in [-0.15, -0.1) is 0 Å². The minimum atomic E-state index is -0.847. The van der Waals surface area contributed by atoms with Crippen LogP contribution in [0.5, 0.6) is 0 Å². The number of Topliss-reactive ketones (excluding diaryl/α,β-unsaturated/α-hetero) is 1. The molecule has 0 rings (SSSR count). The minimum absolute atomic E-state index is 0.0251. The number of unbranched alkanes of at least 4 members (excludes halogenated alkanes) is 6. The predicted molar refractivity (Wildman–Crippen MR) is 192 cm³/mol. The van der Waals surface area contributed by atoms with Crippen molar-refractivity contribution < 1.29 is 24.0 Å². The highest BCUT2D eigenvalue weighted by Gasteiger charge is 2.33. The molecule has 0 aliphatic heterocycles. The van der Waals surface area contributed by atoms with E-state index in [0.29, 0.717) is 25.7 Å². The second-order valence-electron chi connectivity index (χ2n) is 14.7. The number of carbonyl (C=O) groups excluding carboxylic acids is 5. The topological polar surface area (TPSA) is 137 Å². The van der Waals surface area contributed by atoms with Crippen LogP contribution in [0.25, 0.3) is 0 Å². The molecule has 0 spiro atoms. The molecule has 0 saturated carbocycles. The van der Waals surface area contributed by atoms with E-state index >= 15 is 0 Å². The van der Waals surface area contributed by atoms with Gasteiger partial charge in [0.15, 0.2) is 5.78 Å². The van der Waals surface area contributed by atoms with Gasteiger partial charge in [-0.25, -0.2) is 0 Å². The molecule has 10 heteroatoms. The monoisotopic (exact) mass is 666 g/mol. The van der Waals surface area contributed by atoms with E-state index in [0.717, 1.165) is 19.3 Å². The fourth-order valence-corrected chi connectivity index (χ4v) is 5.57. The zero-order valence-corrected chi connectivity index (χ0v) is 31.5. The van der Waals surface area contributed by atoms with E-state index in [1.807, 2.05) is 48.5 Å². The number of hydrogen-bond acceptors (Lipinski definition) is 6. The van der Waals surface area contributed by atoms with Crippen molar-refractivity contribution >= 4 is 29.4 Å². The summed E-state index contributed by atoms with van der Waals surface area (Å²) in [5, 5.41) is 10.8. The highest BCUT2D eigenvalue weighted by molar-refractivity contribution is 5.95. The van der Waals surface area contributed by atoms with E-state index in [-0.39, 0.29) is 36.6 Å². The number of ketones is 1. The molecule has 0 heterocycles. The lowest BCUT2D eigenvalue weighted by molar-refractivity contribution is -0.134. The van der Waals surface area contributed by atoms with Gasteiger partial charge in [0, 0.05) is 11.8 Å². The molecule has 0 aliphatic rings. The average molecular weight is 666 g/mol. The summed E-state index contributed by atoms with van der Waals surface area (Å²) in [6.45, 7) is 21.1. The first-order valence-electron chi connectivity index (χ1n) is 18.6. The van der Waals surface area contributed by atoms with Gasteiger partial charge in [0.2, 0.25) is 23.6 Å². The second-order valence-corrected chi connectivity index (χ2v) is 14.7. The van der Waals surface area contributed by atoms with Gasteiger partial charge in [-0.3, -0.25) is 24.0 Å². The Hall–Kier alpha value is -2.49. The van der Waals surface area contributed by atoms with Crippen LogP contribution in [-0.2, 0) is 24.0 Å². The molecule has 0 aromatic carbocycles. The van der Waals surface area contributed by atoms with Crippen LogP contribution < -0.4 is 21.3 Å². The van der Waals surface area contributed by atoms with Crippen molar-refractivity contribution in [1.82, 2.24) is 26.2 Å². The molecule has 0 radical (unpaired) electrons. The maximum absolute atomic E-state index is 13.1. The summed E-state index contributed by atoms with van der Waals surface area (Å²) in [5.74, 6) is -1.27. The Morgan fingerprint density at radius 3 is 1.57 bits per heavy atom. The molecule has 4 N–H and O–H groups in total. The van der Waals surface area contributed by atoms with E-state index in [2.05, 4.69) is 40.0 Å². The first-order chi connectivity index (χ1) is 22.2. The quantitative estimate of drug-likeness (QED) is 0.0812. The Kier molecular flexibility index (Phi) is 24.2. The van der Waals surface area contributed by atoms with Crippen LogP contribution in [-0.4, -0.2) is 79.1 Å². The van der Waals surface area contributed by atoms with Gasteiger partial charge < -0.3 is 26.2 Å². The Morgan fingerprint density at radius 1 is 0.596 bits per heavy atom. The van der Waals surface area contributed by atoms with Gasteiger partial charge in [0.1, 0.15) is 6.04 Å². The average Bonchev–Trinajstić information content (AvgIpc) is 3.00. The van der Waals surface area contributed by atoms with Crippen LogP contribution >= 0.6 is 0 Å². The van der Waals surface area contributed by atoms with Crippen LogP contribution in [0.2, 0.25) is 0 Å². The Balaban J connectivity index is 4.53. The fraction of sp³-hybridized carbons (Fsp3) is 0.865. The Bertz CT molecular complexity index is 915. The molecular weight excluding hydrogens is 594 g/mol. The van der Waals surface area contributed by atoms with Gasteiger partial charge >= 0.3 is 0 Å². The van der Waals surface area contributed by atoms with E-state index in [4.69, 9.17) is 0 Å². The molecule has 47 heavy (non-hydrogen) atoms. The lowest BCUT2D eigenvalue weighted by atomic mass is 9.80. The Morgan fingerprint density at radius 2 is 1.06 bits per heavy atom. The van der Waals surface area contributed by atoms with Crippen LogP contribution in [0.4, 0.5) is 0 Å². The highest BCUT2D eigenvalue weighted by Crippen LogP contribution is 2.25. The molecular formula is C37H71N5O5. The van der Waals surface area contributed by atoms with Crippen molar-refractivity contribution in [3.8, 4) is 0 Å². The number of nitrogens with one attached hydrogen (secondary N) is 4. The summed E-state index contributed by atoms with van der Waals surface area (Å²) in [6, 6.07) is -1.48. The second kappa shape index (κ2) is 25.5. The van der Waals surface area contributed by atoms with Crippen molar-refractivity contribution in [3.63, 3.8) is 0 Å². The first-order valence-corrected chi connectivity index (χ1v) is 18.6. The molecule has 0 aromatic heterocycles. The van der Waals surface area contributed by atoms with E-state index in [9.17, 15) is 24.0 Å². The van der Waals surface area contributed by atoms with Crippen molar-refractivity contribution in [2.75, 3.05) is 32.7 Å². The fourth-order valence-electron chi connectivity index (χ4n) is 5.57. The van der Waals surface area contributed by atoms with E-state index in [1.54, 1.807) is 0 Å². The molecule has 0 fully saturated rings. The van der Waals surface area contributed by atoms with Gasteiger partial charge in [-0.1, -0.05) is 94.4 Å². The maximum Gasteiger partial charge on any atom is 0.243 e. The molecule has 274 valence electrons.